The highest BCUT2D eigenvalue weighted by atomic mass is 35.5. The Hall–Kier alpha value is -2.20. The zero-order valence-electron chi connectivity index (χ0n) is 15.4. The molecule has 0 amide bonds. The van der Waals surface area contributed by atoms with E-state index in [9.17, 15) is 4.79 Å². The van der Waals surface area contributed by atoms with Crippen molar-refractivity contribution in [1.82, 2.24) is 0 Å². The zero-order chi connectivity index (χ0) is 19.1. The standard InChI is InChI=1S/C21H25ClO4/c1-14(2)19-7-6-18(12-15(19)3)25-10-11-26-20-8-5-17(22)13-16(20)4-9-21(23)24/h5-8,12-14H,4,9-11H2,1-3H3,(H,23,24). The van der Waals surface area contributed by atoms with Gasteiger partial charge in [0.1, 0.15) is 24.7 Å². The number of carboxylic acids is 1. The number of rotatable bonds is 9. The van der Waals surface area contributed by atoms with Crippen molar-refractivity contribution in [2.45, 2.75) is 39.5 Å². The maximum absolute atomic E-state index is 10.8. The summed E-state index contributed by atoms with van der Waals surface area (Å²) in [5, 5.41) is 9.42. The van der Waals surface area contributed by atoms with Crippen LogP contribution in [0.5, 0.6) is 11.5 Å². The van der Waals surface area contributed by atoms with Crippen LogP contribution in [0.1, 0.15) is 42.9 Å². The molecule has 0 saturated carbocycles. The molecule has 2 aromatic rings. The molecule has 0 unspecified atom stereocenters. The number of aliphatic carboxylic acids is 1. The lowest BCUT2D eigenvalue weighted by atomic mass is 9.98. The monoisotopic (exact) mass is 376 g/mol. The molecule has 0 atom stereocenters. The molecule has 0 saturated heterocycles. The van der Waals surface area contributed by atoms with E-state index in [2.05, 4.69) is 26.8 Å². The van der Waals surface area contributed by atoms with Crippen LogP contribution in [0.3, 0.4) is 0 Å². The molecule has 0 spiro atoms. The van der Waals surface area contributed by atoms with Crippen LogP contribution in [0, 0.1) is 6.92 Å². The second-order valence-corrected chi connectivity index (χ2v) is 6.95. The molecule has 2 rings (SSSR count). The van der Waals surface area contributed by atoms with E-state index < -0.39 is 5.97 Å². The number of aryl methyl sites for hydroxylation is 2. The summed E-state index contributed by atoms with van der Waals surface area (Å²) in [6, 6.07) is 11.4. The summed E-state index contributed by atoms with van der Waals surface area (Å²) >= 11 is 6.00. The van der Waals surface area contributed by atoms with Crippen LogP contribution in [0.25, 0.3) is 0 Å². The van der Waals surface area contributed by atoms with Gasteiger partial charge in [0, 0.05) is 11.4 Å². The minimum atomic E-state index is -0.848. The second-order valence-electron chi connectivity index (χ2n) is 6.52. The van der Waals surface area contributed by atoms with Crippen LogP contribution in [-0.4, -0.2) is 24.3 Å². The van der Waals surface area contributed by atoms with Gasteiger partial charge in [-0.25, -0.2) is 0 Å². The Bertz CT molecular complexity index is 756. The number of benzene rings is 2. The molecule has 140 valence electrons. The van der Waals surface area contributed by atoms with Gasteiger partial charge in [-0.3, -0.25) is 4.79 Å². The molecule has 0 fully saturated rings. The van der Waals surface area contributed by atoms with Crippen molar-refractivity contribution in [2.75, 3.05) is 13.2 Å². The smallest absolute Gasteiger partial charge is 0.303 e. The Balaban J connectivity index is 1.90. The molecule has 2 aromatic carbocycles. The van der Waals surface area contributed by atoms with Gasteiger partial charge < -0.3 is 14.6 Å². The Morgan fingerprint density at radius 3 is 2.50 bits per heavy atom. The lowest BCUT2D eigenvalue weighted by Crippen LogP contribution is -2.10. The lowest BCUT2D eigenvalue weighted by molar-refractivity contribution is -0.136. The third-order valence-corrected chi connectivity index (χ3v) is 4.34. The van der Waals surface area contributed by atoms with Gasteiger partial charge in [-0.2, -0.15) is 0 Å². The number of carbonyl (C=O) groups is 1. The van der Waals surface area contributed by atoms with Crippen LogP contribution in [0.15, 0.2) is 36.4 Å². The fraction of sp³-hybridized carbons (Fsp3) is 0.381. The van der Waals surface area contributed by atoms with E-state index in [0.29, 0.717) is 36.3 Å². The van der Waals surface area contributed by atoms with E-state index in [0.717, 1.165) is 11.3 Å². The quantitative estimate of drug-likeness (QED) is 0.607. The molecular formula is C21H25ClO4. The molecule has 4 nitrogen and oxygen atoms in total. The number of hydrogen-bond acceptors (Lipinski definition) is 3. The Kier molecular flexibility index (Phi) is 7.34. The third-order valence-electron chi connectivity index (χ3n) is 4.10. The first-order valence-electron chi connectivity index (χ1n) is 8.73. The summed E-state index contributed by atoms with van der Waals surface area (Å²) in [5.74, 6) is 1.10. The van der Waals surface area contributed by atoms with Gasteiger partial charge in [-0.05, 0) is 66.3 Å². The van der Waals surface area contributed by atoms with Gasteiger partial charge >= 0.3 is 5.97 Å². The summed E-state index contributed by atoms with van der Waals surface area (Å²) in [6.07, 6.45) is 0.413. The fourth-order valence-electron chi connectivity index (χ4n) is 2.82. The minimum Gasteiger partial charge on any atom is -0.490 e. The van der Waals surface area contributed by atoms with E-state index in [1.165, 1.54) is 11.1 Å². The third kappa shape index (κ3) is 5.95. The molecule has 0 radical (unpaired) electrons. The molecule has 26 heavy (non-hydrogen) atoms. The summed E-state index contributed by atoms with van der Waals surface area (Å²) < 4.78 is 11.5. The maximum atomic E-state index is 10.8. The summed E-state index contributed by atoms with van der Waals surface area (Å²) in [6.45, 7) is 7.20. The van der Waals surface area contributed by atoms with Crippen molar-refractivity contribution in [3.8, 4) is 11.5 Å². The Morgan fingerprint density at radius 1 is 1.12 bits per heavy atom. The van der Waals surface area contributed by atoms with Crippen molar-refractivity contribution < 1.29 is 19.4 Å². The number of ether oxygens (including phenoxy) is 2. The number of halogens is 1. The molecule has 0 heterocycles. The number of hydrogen-bond donors (Lipinski definition) is 1. The molecular weight excluding hydrogens is 352 g/mol. The topological polar surface area (TPSA) is 55.8 Å². The van der Waals surface area contributed by atoms with Crippen LogP contribution in [-0.2, 0) is 11.2 Å². The SMILES string of the molecule is Cc1cc(OCCOc2ccc(Cl)cc2CCC(=O)O)ccc1C(C)C. The summed E-state index contributed by atoms with van der Waals surface area (Å²) in [4.78, 5) is 10.8. The lowest BCUT2D eigenvalue weighted by Gasteiger charge is -2.14. The average Bonchev–Trinajstić information content (AvgIpc) is 2.57. The van der Waals surface area contributed by atoms with E-state index in [1.807, 2.05) is 12.1 Å². The van der Waals surface area contributed by atoms with Gasteiger partial charge in [0.05, 0.1) is 0 Å². The summed E-state index contributed by atoms with van der Waals surface area (Å²) in [5.41, 5.74) is 3.32. The van der Waals surface area contributed by atoms with Crippen molar-refractivity contribution in [3.05, 3.63) is 58.1 Å². The van der Waals surface area contributed by atoms with Crippen molar-refractivity contribution in [3.63, 3.8) is 0 Å². The minimum absolute atomic E-state index is 0.0364. The van der Waals surface area contributed by atoms with Crippen LogP contribution in [0.4, 0.5) is 0 Å². The molecule has 0 aliphatic rings. The normalized spacial score (nSPS) is 10.8. The predicted octanol–water partition coefficient (Wildman–Crippen LogP) is 5.25. The van der Waals surface area contributed by atoms with Crippen LogP contribution in [0.2, 0.25) is 5.02 Å². The van der Waals surface area contributed by atoms with E-state index >= 15 is 0 Å². The Morgan fingerprint density at radius 2 is 1.85 bits per heavy atom. The van der Waals surface area contributed by atoms with Crippen molar-refractivity contribution >= 4 is 17.6 Å². The maximum Gasteiger partial charge on any atom is 0.303 e. The average molecular weight is 377 g/mol. The van der Waals surface area contributed by atoms with Gasteiger partial charge in [0.25, 0.3) is 0 Å². The van der Waals surface area contributed by atoms with Crippen LogP contribution < -0.4 is 9.47 Å². The molecule has 0 aliphatic carbocycles. The first-order chi connectivity index (χ1) is 12.4. The van der Waals surface area contributed by atoms with E-state index in [4.69, 9.17) is 26.2 Å². The number of carboxylic acid groups (broad SMARTS) is 1. The fourth-order valence-corrected chi connectivity index (χ4v) is 3.02. The second kappa shape index (κ2) is 9.48. The van der Waals surface area contributed by atoms with Crippen LogP contribution >= 0.6 is 11.6 Å². The van der Waals surface area contributed by atoms with Gasteiger partial charge in [0.15, 0.2) is 0 Å². The highest BCUT2D eigenvalue weighted by Gasteiger charge is 2.08. The van der Waals surface area contributed by atoms with E-state index in [-0.39, 0.29) is 6.42 Å². The molecule has 0 aliphatic heterocycles. The van der Waals surface area contributed by atoms with E-state index in [1.54, 1.807) is 18.2 Å². The van der Waals surface area contributed by atoms with Crippen molar-refractivity contribution in [1.29, 1.82) is 0 Å². The summed E-state index contributed by atoms with van der Waals surface area (Å²) in [7, 11) is 0. The zero-order valence-corrected chi connectivity index (χ0v) is 16.2. The molecule has 0 aromatic heterocycles. The first kappa shape index (κ1) is 20.1. The first-order valence-corrected chi connectivity index (χ1v) is 9.11. The highest BCUT2D eigenvalue weighted by Crippen LogP contribution is 2.25. The molecule has 0 bridgehead atoms. The molecule has 1 N–H and O–H groups in total. The van der Waals surface area contributed by atoms with Gasteiger partial charge in [-0.15, -0.1) is 0 Å². The van der Waals surface area contributed by atoms with Gasteiger partial charge in [-0.1, -0.05) is 31.5 Å². The highest BCUT2D eigenvalue weighted by molar-refractivity contribution is 6.30. The predicted molar refractivity (Wildman–Crippen MR) is 104 cm³/mol. The molecule has 5 heteroatoms. The Labute approximate surface area is 159 Å². The van der Waals surface area contributed by atoms with Gasteiger partial charge in [0.2, 0.25) is 0 Å². The largest absolute Gasteiger partial charge is 0.490 e. The van der Waals surface area contributed by atoms with Crippen molar-refractivity contribution in [2.24, 2.45) is 0 Å².